The Kier molecular flexibility index (Phi) is 4.27. The van der Waals surface area contributed by atoms with Crippen LogP contribution in [-0.2, 0) is 12.6 Å². The molecule has 0 radical (unpaired) electrons. The maximum absolute atomic E-state index is 14.3. The van der Waals surface area contributed by atoms with Crippen molar-refractivity contribution in [3.05, 3.63) is 80.9 Å². The van der Waals surface area contributed by atoms with Crippen molar-refractivity contribution in [1.82, 2.24) is 4.98 Å². The first-order valence-corrected chi connectivity index (χ1v) is 7.40. The topological polar surface area (TPSA) is 70.2 Å². The van der Waals surface area contributed by atoms with Gasteiger partial charge in [-0.1, -0.05) is 12.1 Å². The number of aromatic nitrogens is 1. The number of aromatic carboxylic acids is 1. The highest BCUT2D eigenvalue weighted by Crippen LogP contribution is 2.29. The Morgan fingerprint density at radius 1 is 1.08 bits per heavy atom. The summed E-state index contributed by atoms with van der Waals surface area (Å²) < 4.78 is 52.0. The molecule has 2 aromatic carbocycles. The van der Waals surface area contributed by atoms with Gasteiger partial charge in [0.05, 0.1) is 16.5 Å². The van der Waals surface area contributed by atoms with Crippen molar-refractivity contribution in [2.75, 3.05) is 0 Å². The largest absolute Gasteiger partial charge is 0.477 e. The summed E-state index contributed by atoms with van der Waals surface area (Å²) in [7, 11) is 0. The third kappa shape index (κ3) is 3.30. The number of rotatable bonds is 3. The van der Waals surface area contributed by atoms with E-state index >= 15 is 0 Å². The molecule has 0 saturated carbocycles. The first kappa shape index (κ1) is 17.7. The van der Waals surface area contributed by atoms with Crippen LogP contribution in [0.3, 0.4) is 0 Å². The molecule has 0 amide bonds. The van der Waals surface area contributed by atoms with E-state index in [2.05, 4.69) is 4.98 Å². The Balaban J connectivity index is 1.98. The van der Waals surface area contributed by atoms with Crippen molar-refractivity contribution in [2.24, 2.45) is 0 Å². The molecule has 1 aromatic heterocycles. The van der Waals surface area contributed by atoms with Gasteiger partial charge in [0.2, 0.25) is 5.43 Å². The predicted octanol–water partition coefficient (Wildman–Crippen LogP) is 3.98. The zero-order valence-corrected chi connectivity index (χ0v) is 13.0. The number of carboxylic acid groups (broad SMARTS) is 1. The first-order valence-electron chi connectivity index (χ1n) is 7.40. The second-order valence-electron chi connectivity index (χ2n) is 5.71. The molecule has 0 fully saturated rings. The van der Waals surface area contributed by atoms with E-state index in [9.17, 15) is 27.2 Å². The zero-order valence-electron chi connectivity index (χ0n) is 13.0. The Hall–Kier alpha value is -3.16. The Morgan fingerprint density at radius 2 is 1.73 bits per heavy atom. The molecule has 0 aliphatic heterocycles. The highest BCUT2D eigenvalue weighted by molar-refractivity contribution is 5.92. The monoisotopic (exact) mass is 365 g/mol. The van der Waals surface area contributed by atoms with Crippen LogP contribution in [0.1, 0.15) is 27.0 Å². The molecule has 134 valence electrons. The van der Waals surface area contributed by atoms with Crippen molar-refractivity contribution >= 4 is 16.9 Å². The van der Waals surface area contributed by atoms with Crippen molar-refractivity contribution in [3.63, 3.8) is 0 Å². The molecule has 3 rings (SSSR count). The number of hydrogen-bond acceptors (Lipinski definition) is 2. The SMILES string of the molecule is O=C(O)c1c[nH]c2cc(Cc3ccc(C(F)(F)F)cc3)cc(F)c2c1=O. The summed E-state index contributed by atoms with van der Waals surface area (Å²) in [5.41, 5.74) is -1.23. The first-order chi connectivity index (χ1) is 12.2. The van der Waals surface area contributed by atoms with Crippen LogP contribution < -0.4 is 5.43 Å². The van der Waals surface area contributed by atoms with Gasteiger partial charge < -0.3 is 10.1 Å². The molecule has 3 aromatic rings. The maximum Gasteiger partial charge on any atom is 0.416 e. The molecule has 0 bridgehead atoms. The Labute approximate surface area is 143 Å². The molecule has 0 aliphatic carbocycles. The van der Waals surface area contributed by atoms with Crippen LogP contribution in [0.25, 0.3) is 10.9 Å². The lowest BCUT2D eigenvalue weighted by Gasteiger charge is -2.09. The highest BCUT2D eigenvalue weighted by Gasteiger charge is 2.29. The minimum atomic E-state index is -4.44. The molecule has 0 aliphatic rings. The summed E-state index contributed by atoms with van der Waals surface area (Å²) in [5.74, 6) is -2.37. The number of carbonyl (C=O) groups is 1. The van der Waals surface area contributed by atoms with Crippen LogP contribution in [0, 0.1) is 5.82 Å². The molecule has 0 unspecified atom stereocenters. The molecular formula is C18H11F4NO3. The van der Waals surface area contributed by atoms with Gasteiger partial charge in [-0.05, 0) is 41.8 Å². The van der Waals surface area contributed by atoms with E-state index in [0.29, 0.717) is 11.1 Å². The molecule has 8 heteroatoms. The van der Waals surface area contributed by atoms with E-state index in [1.807, 2.05) is 0 Å². The number of pyridine rings is 1. The highest BCUT2D eigenvalue weighted by atomic mass is 19.4. The van der Waals surface area contributed by atoms with Gasteiger partial charge >= 0.3 is 12.1 Å². The Morgan fingerprint density at radius 3 is 2.31 bits per heavy atom. The van der Waals surface area contributed by atoms with Crippen molar-refractivity contribution in [2.45, 2.75) is 12.6 Å². The molecule has 1 heterocycles. The van der Waals surface area contributed by atoms with Crippen LogP contribution in [0.4, 0.5) is 17.6 Å². The molecule has 0 atom stereocenters. The number of fused-ring (bicyclic) bond motifs is 1. The predicted molar refractivity (Wildman–Crippen MR) is 85.7 cm³/mol. The molecule has 0 saturated heterocycles. The van der Waals surface area contributed by atoms with Crippen LogP contribution in [-0.4, -0.2) is 16.1 Å². The van der Waals surface area contributed by atoms with E-state index < -0.39 is 34.5 Å². The lowest BCUT2D eigenvalue weighted by atomic mass is 10.0. The van der Waals surface area contributed by atoms with E-state index in [1.54, 1.807) is 0 Å². The number of H-pyrrole nitrogens is 1. The normalized spacial score (nSPS) is 11.7. The third-order valence-corrected chi connectivity index (χ3v) is 3.91. The number of nitrogens with one attached hydrogen (secondary N) is 1. The van der Waals surface area contributed by atoms with Crippen LogP contribution >= 0.6 is 0 Å². The minimum Gasteiger partial charge on any atom is -0.477 e. The third-order valence-electron chi connectivity index (χ3n) is 3.91. The van der Waals surface area contributed by atoms with Gasteiger partial charge in [-0.2, -0.15) is 13.2 Å². The number of benzene rings is 2. The number of hydrogen-bond donors (Lipinski definition) is 2. The van der Waals surface area contributed by atoms with Gasteiger partial charge in [0.15, 0.2) is 0 Å². The average molecular weight is 365 g/mol. The fourth-order valence-electron chi connectivity index (χ4n) is 2.67. The van der Waals surface area contributed by atoms with Crippen LogP contribution in [0.5, 0.6) is 0 Å². The van der Waals surface area contributed by atoms with E-state index in [4.69, 9.17) is 5.11 Å². The fraction of sp³-hybridized carbons (Fsp3) is 0.111. The van der Waals surface area contributed by atoms with Gasteiger partial charge in [-0.25, -0.2) is 9.18 Å². The van der Waals surface area contributed by atoms with Crippen LogP contribution in [0.15, 0.2) is 47.4 Å². The molecule has 0 spiro atoms. The molecule has 2 N–H and O–H groups in total. The van der Waals surface area contributed by atoms with E-state index in [-0.39, 0.29) is 17.3 Å². The average Bonchev–Trinajstić information content (AvgIpc) is 2.54. The fourth-order valence-corrected chi connectivity index (χ4v) is 2.67. The quantitative estimate of drug-likeness (QED) is 0.690. The molecular weight excluding hydrogens is 354 g/mol. The second-order valence-corrected chi connectivity index (χ2v) is 5.71. The van der Waals surface area contributed by atoms with Crippen molar-refractivity contribution in [1.29, 1.82) is 0 Å². The molecule has 26 heavy (non-hydrogen) atoms. The lowest BCUT2D eigenvalue weighted by molar-refractivity contribution is -0.137. The van der Waals surface area contributed by atoms with E-state index in [1.165, 1.54) is 18.2 Å². The van der Waals surface area contributed by atoms with Crippen molar-refractivity contribution in [3.8, 4) is 0 Å². The second kappa shape index (κ2) is 6.29. The van der Waals surface area contributed by atoms with Gasteiger partial charge in [0.1, 0.15) is 11.4 Å². The maximum atomic E-state index is 14.3. The van der Waals surface area contributed by atoms with E-state index in [0.717, 1.165) is 24.4 Å². The molecule has 4 nitrogen and oxygen atoms in total. The van der Waals surface area contributed by atoms with Gasteiger partial charge in [-0.3, -0.25) is 4.79 Å². The summed E-state index contributed by atoms with van der Waals surface area (Å²) in [6, 6.07) is 6.99. The van der Waals surface area contributed by atoms with Crippen LogP contribution in [0.2, 0.25) is 0 Å². The number of alkyl halides is 3. The summed E-state index contributed by atoms with van der Waals surface area (Å²) in [4.78, 5) is 25.6. The Bertz CT molecular complexity index is 1050. The summed E-state index contributed by atoms with van der Waals surface area (Å²) in [6.45, 7) is 0. The van der Waals surface area contributed by atoms with Gasteiger partial charge in [0.25, 0.3) is 0 Å². The van der Waals surface area contributed by atoms with Crippen molar-refractivity contribution < 1.29 is 27.5 Å². The summed E-state index contributed by atoms with van der Waals surface area (Å²) >= 11 is 0. The number of halogens is 4. The minimum absolute atomic E-state index is 0.113. The lowest BCUT2D eigenvalue weighted by Crippen LogP contribution is -2.16. The standard InChI is InChI=1S/C18H11F4NO3/c19-13-6-10(5-9-1-3-11(4-2-9)18(20,21)22)7-14-15(13)16(24)12(8-23-14)17(25)26/h1-4,6-8H,5H2,(H,23,24)(H,25,26). The van der Waals surface area contributed by atoms with Gasteiger partial charge in [0, 0.05) is 6.20 Å². The summed E-state index contributed by atoms with van der Waals surface area (Å²) in [6.07, 6.45) is -3.31. The zero-order chi connectivity index (χ0) is 19.1. The number of carboxylic acids is 1. The smallest absolute Gasteiger partial charge is 0.416 e. The number of aromatic amines is 1. The summed E-state index contributed by atoms with van der Waals surface area (Å²) in [5, 5.41) is 8.55. The van der Waals surface area contributed by atoms with Gasteiger partial charge in [-0.15, -0.1) is 0 Å².